The van der Waals surface area contributed by atoms with Gasteiger partial charge in [0, 0.05) is 3.57 Å². The Morgan fingerprint density at radius 1 is 1.22 bits per heavy atom. The predicted molar refractivity (Wildman–Crippen MR) is 104 cm³/mol. The third-order valence-corrected chi connectivity index (χ3v) is 6.35. The van der Waals surface area contributed by atoms with E-state index in [1.165, 1.54) is 24.3 Å². The molecule has 1 aromatic carbocycles. The molecule has 11 heteroatoms. The van der Waals surface area contributed by atoms with Gasteiger partial charge in [0.2, 0.25) is 0 Å². The molecule has 1 N–H and O–H groups in total. The lowest BCUT2D eigenvalue weighted by atomic mass is 10.2. The minimum absolute atomic E-state index is 0.174. The molecule has 0 aliphatic rings. The molecule has 0 radical (unpaired) electrons. The van der Waals surface area contributed by atoms with Crippen LogP contribution in [0.3, 0.4) is 0 Å². The van der Waals surface area contributed by atoms with Crippen molar-refractivity contribution in [3.63, 3.8) is 0 Å². The SMILES string of the molecule is COC(=O)c1ccccc1S(=O)(=O)NC(=O)N=Nc1cc(C)c(I)c(C)n1. The average molecular weight is 502 g/mol. The van der Waals surface area contributed by atoms with Crippen LogP contribution in [0.4, 0.5) is 10.6 Å². The number of carbonyl (C=O) groups is 2. The summed E-state index contributed by atoms with van der Waals surface area (Å²) in [7, 11) is -3.23. The lowest BCUT2D eigenvalue weighted by molar-refractivity contribution is 0.0596. The van der Waals surface area contributed by atoms with Crippen molar-refractivity contribution in [2.45, 2.75) is 18.7 Å². The van der Waals surface area contributed by atoms with E-state index < -0.39 is 26.9 Å². The molecule has 0 aliphatic carbocycles. The number of carbonyl (C=O) groups excluding carboxylic acids is 2. The fourth-order valence-corrected chi connectivity index (χ4v) is 3.47. The normalized spacial score (nSPS) is 11.4. The molecule has 1 heterocycles. The van der Waals surface area contributed by atoms with Crippen molar-refractivity contribution in [2.24, 2.45) is 10.2 Å². The van der Waals surface area contributed by atoms with Crippen LogP contribution < -0.4 is 4.72 Å². The Morgan fingerprint density at radius 3 is 2.52 bits per heavy atom. The molecule has 2 aromatic rings. The molecule has 2 rings (SSSR count). The van der Waals surface area contributed by atoms with Crippen molar-refractivity contribution in [1.82, 2.24) is 9.71 Å². The second-order valence-corrected chi connectivity index (χ2v) is 8.02. The molecule has 9 nitrogen and oxygen atoms in total. The number of benzene rings is 1. The summed E-state index contributed by atoms with van der Waals surface area (Å²) in [4.78, 5) is 27.4. The number of methoxy groups -OCH3 is 1. The molecular formula is C16H15IN4O5S. The quantitative estimate of drug-likeness (QED) is 0.389. The number of nitrogens with zero attached hydrogens (tertiary/aromatic N) is 3. The van der Waals surface area contributed by atoms with E-state index >= 15 is 0 Å². The number of sulfonamides is 1. The second-order valence-electron chi connectivity index (χ2n) is 5.30. The first kappa shape index (κ1) is 20.9. The number of ether oxygens (including phenoxy) is 1. The van der Waals surface area contributed by atoms with Gasteiger partial charge in [-0.15, -0.1) is 5.11 Å². The van der Waals surface area contributed by atoms with E-state index in [0.717, 1.165) is 16.2 Å². The van der Waals surface area contributed by atoms with Crippen LogP contribution in [-0.2, 0) is 14.8 Å². The average Bonchev–Trinajstić information content (AvgIpc) is 2.63. The summed E-state index contributed by atoms with van der Waals surface area (Å²) in [5, 5.41) is 6.99. The van der Waals surface area contributed by atoms with E-state index in [1.807, 2.05) is 6.92 Å². The van der Waals surface area contributed by atoms with E-state index in [4.69, 9.17) is 0 Å². The number of pyridine rings is 1. The van der Waals surface area contributed by atoms with Gasteiger partial charge in [0.25, 0.3) is 10.0 Å². The highest BCUT2D eigenvalue weighted by molar-refractivity contribution is 14.1. The largest absolute Gasteiger partial charge is 0.465 e. The van der Waals surface area contributed by atoms with Gasteiger partial charge in [-0.1, -0.05) is 17.2 Å². The molecule has 0 atom stereocenters. The molecule has 1 aromatic heterocycles. The number of azo groups is 1. The second kappa shape index (κ2) is 8.52. The Hall–Kier alpha value is -2.41. The van der Waals surface area contributed by atoms with Crippen molar-refractivity contribution in [1.29, 1.82) is 0 Å². The van der Waals surface area contributed by atoms with Gasteiger partial charge in [-0.2, -0.15) is 0 Å². The van der Waals surface area contributed by atoms with E-state index in [1.54, 1.807) is 17.7 Å². The first-order chi connectivity index (χ1) is 12.7. The number of esters is 1. The molecule has 142 valence electrons. The Bertz CT molecular complexity index is 1010. The lowest BCUT2D eigenvalue weighted by Crippen LogP contribution is -2.29. The molecule has 0 saturated carbocycles. The summed E-state index contributed by atoms with van der Waals surface area (Å²) < 4.78 is 32.0. The van der Waals surface area contributed by atoms with Gasteiger partial charge in [0.15, 0.2) is 5.82 Å². The van der Waals surface area contributed by atoms with Crippen LogP contribution in [0.1, 0.15) is 21.6 Å². The minimum atomic E-state index is -4.35. The number of aromatic nitrogens is 1. The Morgan fingerprint density at radius 2 is 1.89 bits per heavy atom. The van der Waals surface area contributed by atoms with Gasteiger partial charge in [-0.25, -0.2) is 27.7 Å². The number of amides is 2. The fraction of sp³-hybridized carbons (Fsp3) is 0.188. The van der Waals surface area contributed by atoms with Gasteiger partial charge >= 0.3 is 12.0 Å². The summed E-state index contributed by atoms with van der Waals surface area (Å²) >= 11 is 2.13. The topological polar surface area (TPSA) is 127 Å². The molecule has 27 heavy (non-hydrogen) atoms. The standard InChI is InChI=1S/C16H15IN4O5S/c1-9-8-13(18-10(2)14(9)17)19-20-16(23)21-27(24,25)12-7-5-4-6-11(12)15(22)26-3/h4-8H,1-3H3,(H,21,23). The molecule has 2 amide bonds. The van der Waals surface area contributed by atoms with Crippen LogP contribution >= 0.6 is 22.6 Å². The van der Waals surface area contributed by atoms with Crippen molar-refractivity contribution >= 4 is 50.4 Å². The number of urea groups is 1. The Labute approximate surface area is 169 Å². The maximum absolute atomic E-state index is 12.4. The smallest absolute Gasteiger partial charge is 0.373 e. The third kappa shape index (κ3) is 5.07. The van der Waals surface area contributed by atoms with Crippen molar-refractivity contribution in [3.8, 4) is 0 Å². The molecule has 0 unspecified atom stereocenters. The summed E-state index contributed by atoms with van der Waals surface area (Å²) in [6, 6.07) is 5.73. The highest BCUT2D eigenvalue weighted by Gasteiger charge is 2.24. The van der Waals surface area contributed by atoms with Gasteiger partial charge in [0.1, 0.15) is 4.90 Å². The highest BCUT2D eigenvalue weighted by atomic mass is 127. The number of hydrogen-bond donors (Lipinski definition) is 1. The van der Waals surface area contributed by atoms with Crippen LogP contribution in [-0.4, -0.2) is 32.5 Å². The number of nitrogens with one attached hydrogen (secondary N) is 1. The van der Waals surface area contributed by atoms with Crippen LogP contribution in [0.2, 0.25) is 0 Å². The Kier molecular flexibility index (Phi) is 6.59. The fourth-order valence-electron chi connectivity index (χ4n) is 2.11. The molecule has 0 spiro atoms. The van der Waals surface area contributed by atoms with Gasteiger partial charge in [0.05, 0.1) is 18.4 Å². The van der Waals surface area contributed by atoms with Gasteiger partial charge < -0.3 is 4.74 Å². The van der Waals surface area contributed by atoms with Crippen molar-refractivity contribution < 1.29 is 22.7 Å². The number of hydrogen-bond acceptors (Lipinski definition) is 7. The Balaban J connectivity index is 2.24. The number of aryl methyl sites for hydroxylation is 2. The molecular weight excluding hydrogens is 487 g/mol. The highest BCUT2D eigenvalue weighted by Crippen LogP contribution is 2.20. The monoisotopic (exact) mass is 502 g/mol. The van der Waals surface area contributed by atoms with E-state index in [0.29, 0.717) is 5.69 Å². The summed E-state index contributed by atoms with van der Waals surface area (Å²) in [5.74, 6) is -0.674. The van der Waals surface area contributed by atoms with Crippen LogP contribution in [0.25, 0.3) is 0 Å². The summed E-state index contributed by atoms with van der Waals surface area (Å²) in [6.07, 6.45) is 0. The van der Waals surface area contributed by atoms with Crippen molar-refractivity contribution in [2.75, 3.05) is 7.11 Å². The van der Waals surface area contributed by atoms with Crippen LogP contribution in [0.15, 0.2) is 45.5 Å². The minimum Gasteiger partial charge on any atom is -0.465 e. The summed E-state index contributed by atoms with van der Waals surface area (Å²) in [6.45, 7) is 3.63. The summed E-state index contributed by atoms with van der Waals surface area (Å²) in [5.41, 5.74) is 1.41. The number of halogens is 1. The third-order valence-electron chi connectivity index (χ3n) is 3.34. The van der Waals surface area contributed by atoms with Crippen LogP contribution in [0, 0.1) is 17.4 Å². The molecule has 0 aliphatic heterocycles. The predicted octanol–water partition coefficient (Wildman–Crippen LogP) is 3.27. The van der Waals surface area contributed by atoms with Crippen molar-refractivity contribution in [3.05, 3.63) is 50.7 Å². The maximum Gasteiger partial charge on any atom is 0.373 e. The zero-order valence-corrected chi connectivity index (χ0v) is 17.5. The maximum atomic E-state index is 12.4. The first-order valence-corrected chi connectivity index (χ1v) is 10.0. The lowest BCUT2D eigenvalue weighted by Gasteiger charge is -2.08. The van der Waals surface area contributed by atoms with E-state index in [2.05, 4.69) is 42.5 Å². The molecule has 0 bridgehead atoms. The van der Waals surface area contributed by atoms with Crippen LogP contribution in [0.5, 0.6) is 0 Å². The zero-order valence-electron chi connectivity index (χ0n) is 14.6. The molecule has 0 saturated heterocycles. The van der Waals surface area contributed by atoms with E-state index in [-0.39, 0.29) is 11.4 Å². The van der Waals surface area contributed by atoms with E-state index in [9.17, 15) is 18.0 Å². The zero-order chi connectivity index (χ0) is 20.2. The van der Waals surface area contributed by atoms with Gasteiger partial charge in [-0.3, -0.25) is 0 Å². The first-order valence-electron chi connectivity index (χ1n) is 7.45. The number of rotatable bonds is 4. The van der Waals surface area contributed by atoms with Gasteiger partial charge in [-0.05, 0) is 60.2 Å². The molecule has 0 fully saturated rings.